The van der Waals surface area contributed by atoms with Crippen molar-refractivity contribution in [2.24, 2.45) is 15.9 Å². The Morgan fingerprint density at radius 2 is 2.00 bits per heavy atom. The van der Waals surface area contributed by atoms with Crippen LogP contribution in [0.1, 0.15) is 38.2 Å². The third kappa shape index (κ3) is 8.54. The number of nitrogens with one attached hydrogen (secondary N) is 1. The fourth-order valence-corrected chi connectivity index (χ4v) is 2.41. The van der Waals surface area contributed by atoms with Crippen LogP contribution in [0.3, 0.4) is 0 Å². The van der Waals surface area contributed by atoms with E-state index in [1.807, 2.05) is 0 Å². The summed E-state index contributed by atoms with van der Waals surface area (Å²) in [7, 11) is -3.68. The van der Waals surface area contributed by atoms with E-state index in [4.69, 9.17) is 10.9 Å². The molecular formula is C14H25IN4O2S. The van der Waals surface area contributed by atoms with Gasteiger partial charge in [-0.25, -0.2) is 18.5 Å². The Bertz CT molecular complexity index is 576. The Morgan fingerprint density at radius 1 is 1.27 bits per heavy atom. The van der Waals surface area contributed by atoms with Gasteiger partial charge < -0.3 is 11.1 Å². The minimum atomic E-state index is -3.68. The third-order valence-corrected chi connectivity index (χ3v) is 3.91. The summed E-state index contributed by atoms with van der Waals surface area (Å²) in [5.74, 6) is 0.368. The van der Waals surface area contributed by atoms with Crippen molar-refractivity contribution >= 4 is 40.0 Å². The molecule has 0 aliphatic rings. The molecule has 5 N–H and O–H groups in total. The Hall–Kier alpha value is -0.870. The maximum absolute atomic E-state index is 11.3. The SMILES string of the molecule is CCCCCCNC(N)=NCc1cccc(S(N)(=O)=O)c1.I. The summed E-state index contributed by atoms with van der Waals surface area (Å²) in [6, 6.07) is 6.39. The monoisotopic (exact) mass is 440 g/mol. The maximum atomic E-state index is 11.3. The smallest absolute Gasteiger partial charge is 0.238 e. The standard InChI is InChI=1S/C14H24N4O2S.HI/c1-2-3-4-5-9-17-14(15)18-11-12-7-6-8-13(10-12)21(16,19)20;/h6-8,10H,2-5,9,11H2,1H3,(H3,15,17,18)(H2,16,19,20);1H. The number of benzene rings is 1. The lowest BCUT2D eigenvalue weighted by atomic mass is 10.2. The molecule has 22 heavy (non-hydrogen) atoms. The van der Waals surface area contributed by atoms with E-state index in [2.05, 4.69) is 17.2 Å². The Morgan fingerprint density at radius 3 is 2.64 bits per heavy atom. The highest BCUT2D eigenvalue weighted by Gasteiger charge is 2.07. The summed E-state index contributed by atoms with van der Waals surface area (Å²) in [5, 5.41) is 8.13. The zero-order valence-corrected chi connectivity index (χ0v) is 15.9. The van der Waals surface area contributed by atoms with Crippen molar-refractivity contribution < 1.29 is 8.42 Å². The zero-order chi connectivity index (χ0) is 15.7. The first-order valence-corrected chi connectivity index (χ1v) is 8.63. The lowest BCUT2D eigenvalue weighted by molar-refractivity contribution is 0.597. The minimum Gasteiger partial charge on any atom is -0.370 e. The molecular weight excluding hydrogens is 415 g/mol. The number of nitrogens with two attached hydrogens (primary N) is 2. The van der Waals surface area contributed by atoms with Crippen molar-refractivity contribution in [3.05, 3.63) is 29.8 Å². The molecule has 6 nitrogen and oxygen atoms in total. The van der Waals surface area contributed by atoms with Gasteiger partial charge in [0.05, 0.1) is 11.4 Å². The van der Waals surface area contributed by atoms with Crippen molar-refractivity contribution in [1.29, 1.82) is 0 Å². The predicted octanol–water partition coefficient (Wildman–Crippen LogP) is 1.94. The van der Waals surface area contributed by atoms with E-state index >= 15 is 0 Å². The average Bonchev–Trinajstić information content (AvgIpc) is 2.44. The Kier molecular flexibility index (Phi) is 10.4. The number of hydrogen-bond donors (Lipinski definition) is 3. The number of hydrogen-bond acceptors (Lipinski definition) is 3. The van der Waals surface area contributed by atoms with Gasteiger partial charge in [0.1, 0.15) is 0 Å². The molecule has 0 aromatic heterocycles. The van der Waals surface area contributed by atoms with Crippen LogP contribution in [0.2, 0.25) is 0 Å². The second-order valence-electron chi connectivity index (χ2n) is 4.88. The summed E-state index contributed by atoms with van der Waals surface area (Å²) in [4.78, 5) is 4.27. The van der Waals surface area contributed by atoms with Crippen LogP contribution in [0, 0.1) is 0 Å². The number of rotatable bonds is 8. The van der Waals surface area contributed by atoms with Crippen LogP contribution in [0.5, 0.6) is 0 Å². The van der Waals surface area contributed by atoms with Crippen LogP contribution in [0.4, 0.5) is 0 Å². The molecule has 0 fully saturated rings. The summed E-state index contributed by atoms with van der Waals surface area (Å²) in [5.41, 5.74) is 6.50. The second kappa shape index (κ2) is 10.8. The molecule has 0 bridgehead atoms. The van der Waals surface area contributed by atoms with Gasteiger partial charge in [-0.2, -0.15) is 0 Å². The molecule has 0 spiro atoms. The topological polar surface area (TPSA) is 111 Å². The molecule has 8 heteroatoms. The van der Waals surface area contributed by atoms with E-state index < -0.39 is 10.0 Å². The van der Waals surface area contributed by atoms with Gasteiger partial charge in [-0.15, -0.1) is 24.0 Å². The lowest BCUT2D eigenvalue weighted by Gasteiger charge is -2.06. The normalized spacial score (nSPS) is 11.8. The average molecular weight is 440 g/mol. The van der Waals surface area contributed by atoms with Crippen molar-refractivity contribution in [3.63, 3.8) is 0 Å². The van der Waals surface area contributed by atoms with Crippen molar-refractivity contribution in [1.82, 2.24) is 5.32 Å². The number of primary sulfonamides is 1. The highest BCUT2D eigenvalue weighted by molar-refractivity contribution is 14.0. The van der Waals surface area contributed by atoms with E-state index in [9.17, 15) is 8.42 Å². The molecule has 1 aromatic rings. The summed E-state index contributed by atoms with van der Waals surface area (Å²) in [6.45, 7) is 3.28. The second-order valence-corrected chi connectivity index (χ2v) is 6.44. The van der Waals surface area contributed by atoms with E-state index in [0.717, 1.165) is 18.5 Å². The number of unbranched alkanes of at least 4 members (excludes halogenated alkanes) is 3. The molecule has 0 saturated heterocycles. The number of nitrogens with zero attached hydrogens (tertiary/aromatic N) is 1. The number of sulfonamides is 1. The minimum absolute atomic E-state index is 0. The fraction of sp³-hybridized carbons (Fsp3) is 0.500. The fourth-order valence-electron chi connectivity index (χ4n) is 1.82. The maximum Gasteiger partial charge on any atom is 0.238 e. The van der Waals surface area contributed by atoms with Crippen LogP contribution < -0.4 is 16.2 Å². The van der Waals surface area contributed by atoms with E-state index in [1.165, 1.54) is 31.4 Å². The molecule has 0 unspecified atom stereocenters. The molecule has 1 rings (SSSR count). The van der Waals surface area contributed by atoms with Gasteiger partial charge in [-0.05, 0) is 24.1 Å². The van der Waals surface area contributed by atoms with Gasteiger partial charge in [-0.3, -0.25) is 0 Å². The summed E-state index contributed by atoms with van der Waals surface area (Å²) >= 11 is 0. The first kappa shape index (κ1) is 21.1. The van der Waals surface area contributed by atoms with Gasteiger partial charge in [-0.1, -0.05) is 38.3 Å². The number of aliphatic imine (C=N–C) groups is 1. The molecule has 126 valence electrons. The van der Waals surface area contributed by atoms with Crippen LogP contribution in [0.25, 0.3) is 0 Å². The molecule has 0 radical (unpaired) electrons. The van der Waals surface area contributed by atoms with Gasteiger partial charge in [0.2, 0.25) is 10.0 Å². The van der Waals surface area contributed by atoms with Crippen molar-refractivity contribution in [3.8, 4) is 0 Å². The van der Waals surface area contributed by atoms with E-state index in [0.29, 0.717) is 12.5 Å². The largest absolute Gasteiger partial charge is 0.370 e. The Labute approximate surface area is 149 Å². The molecule has 0 heterocycles. The van der Waals surface area contributed by atoms with Crippen molar-refractivity contribution in [2.45, 2.75) is 44.0 Å². The number of guanidine groups is 1. The summed E-state index contributed by atoms with van der Waals surface area (Å²) in [6.07, 6.45) is 4.65. The summed E-state index contributed by atoms with van der Waals surface area (Å²) < 4.78 is 22.5. The molecule has 0 aliphatic heterocycles. The first-order chi connectivity index (χ1) is 9.93. The van der Waals surface area contributed by atoms with Crippen LogP contribution in [-0.4, -0.2) is 20.9 Å². The van der Waals surface area contributed by atoms with Crippen molar-refractivity contribution in [2.75, 3.05) is 6.54 Å². The predicted molar refractivity (Wildman–Crippen MR) is 101 cm³/mol. The quantitative estimate of drug-likeness (QED) is 0.248. The highest BCUT2D eigenvalue weighted by Crippen LogP contribution is 2.10. The molecule has 1 aromatic carbocycles. The third-order valence-electron chi connectivity index (χ3n) is 3.00. The number of halogens is 1. The van der Waals surface area contributed by atoms with E-state index in [-0.39, 0.29) is 28.9 Å². The van der Waals surface area contributed by atoms with Crippen LogP contribution in [0.15, 0.2) is 34.2 Å². The van der Waals surface area contributed by atoms with Gasteiger partial charge >= 0.3 is 0 Å². The van der Waals surface area contributed by atoms with Gasteiger partial charge in [0.15, 0.2) is 5.96 Å². The molecule has 0 aliphatic carbocycles. The van der Waals surface area contributed by atoms with Gasteiger partial charge in [0.25, 0.3) is 0 Å². The Balaban J connectivity index is 0.00000441. The highest BCUT2D eigenvalue weighted by atomic mass is 127. The van der Waals surface area contributed by atoms with Gasteiger partial charge in [0, 0.05) is 6.54 Å². The lowest BCUT2D eigenvalue weighted by Crippen LogP contribution is -2.32. The zero-order valence-electron chi connectivity index (χ0n) is 12.8. The van der Waals surface area contributed by atoms with Crippen LogP contribution in [-0.2, 0) is 16.6 Å². The van der Waals surface area contributed by atoms with Crippen LogP contribution >= 0.6 is 24.0 Å². The molecule has 0 atom stereocenters. The molecule has 0 amide bonds. The first-order valence-electron chi connectivity index (χ1n) is 7.09. The van der Waals surface area contributed by atoms with E-state index in [1.54, 1.807) is 12.1 Å². The molecule has 0 saturated carbocycles.